The molecule has 2 nitrogen and oxygen atoms in total. The fourth-order valence-electron chi connectivity index (χ4n) is 1.07. The zero-order chi connectivity index (χ0) is 22.8. The summed E-state index contributed by atoms with van der Waals surface area (Å²) < 4.78 is 0. The topological polar surface area (TPSA) is 34.1 Å². The van der Waals surface area contributed by atoms with Gasteiger partial charge in [0.05, 0.1) is 0 Å². The molecule has 0 fully saturated rings. The molecule has 0 heterocycles. The predicted octanol–water partition coefficient (Wildman–Crippen LogP) is 9.55. The number of rotatable bonds is 2. The molecule has 0 saturated carbocycles. The van der Waals surface area contributed by atoms with Crippen LogP contribution in [0.5, 0.6) is 0 Å². The number of ketones is 2. The summed E-state index contributed by atoms with van der Waals surface area (Å²) in [5.74, 6) is 0.509. The van der Waals surface area contributed by atoms with E-state index >= 15 is 0 Å². The van der Waals surface area contributed by atoms with Crippen molar-refractivity contribution in [3.05, 3.63) is 86.6 Å². The second-order valence-corrected chi connectivity index (χ2v) is 5.42. The van der Waals surface area contributed by atoms with Gasteiger partial charge in [0.25, 0.3) is 0 Å². The van der Waals surface area contributed by atoms with Crippen LogP contribution in [-0.4, -0.2) is 11.6 Å². The third-order valence-electron chi connectivity index (χ3n) is 2.88. The van der Waals surface area contributed by atoms with Crippen LogP contribution in [0.15, 0.2) is 60.7 Å². The zero-order valence-electron chi connectivity index (χ0n) is 22.6. The van der Waals surface area contributed by atoms with E-state index in [1.165, 1.54) is 11.1 Å². The molecule has 0 saturated heterocycles. The third kappa shape index (κ3) is 63.0. The van der Waals surface area contributed by atoms with Gasteiger partial charge in [-0.15, -0.1) is 0 Å². The molecule has 0 amide bonds. The Labute approximate surface area is 228 Å². The van der Waals surface area contributed by atoms with Gasteiger partial charge in [-0.3, -0.25) is 0 Å². The van der Waals surface area contributed by atoms with Gasteiger partial charge in [0.2, 0.25) is 0 Å². The summed E-state index contributed by atoms with van der Waals surface area (Å²) in [6.45, 7) is 19.0. The Bertz CT molecular complexity index is 486. The Morgan fingerprint density at radius 3 is 0.812 bits per heavy atom. The number of aryl methyl sites for hydroxylation is 2. The number of carbonyl (C=O) groups excluding carboxylic acids is 2. The van der Waals surface area contributed by atoms with Crippen molar-refractivity contribution in [3.63, 3.8) is 0 Å². The van der Waals surface area contributed by atoms with Crippen molar-refractivity contribution >= 4 is 11.6 Å². The summed E-state index contributed by atoms with van der Waals surface area (Å²) >= 11 is 0. The van der Waals surface area contributed by atoms with Crippen LogP contribution in [0.1, 0.15) is 86.8 Å². The number of hydrogen-bond acceptors (Lipinski definition) is 2. The van der Waals surface area contributed by atoms with E-state index in [-0.39, 0.29) is 66.6 Å². The maximum atomic E-state index is 9.81. The Balaban J connectivity index is -0.0000000369. The van der Waals surface area contributed by atoms with Crippen LogP contribution >= 0.6 is 0 Å². The number of hydrogen-bond donors (Lipinski definition) is 0. The summed E-state index contributed by atoms with van der Waals surface area (Å²) in [5.41, 5.74) is 2.64. The molecule has 0 N–H and O–H groups in total. The zero-order valence-corrected chi connectivity index (χ0v) is 25.4. The predicted molar refractivity (Wildman–Crippen MR) is 147 cm³/mol. The molecule has 2 rings (SSSR count). The minimum Gasteiger partial charge on any atom is -0.358 e. The summed E-state index contributed by atoms with van der Waals surface area (Å²) in [6, 6.07) is 20.5. The molecule has 0 spiro atoms. The third-order valence-corrected chi connectivity index (χ3v) is 2.88. The number of carbonyl (C=O) groups is 2. The molecule has 3 heteroatoms. The molecule has 0 aromatic heterocycles. The van der Waals surface area contributed by atoms with Gasteiger partial charge in [-0.05, 0) is 27.7 Å². The van der Waals surface area contributed by atoms with Gasteiger partial charge >= 0.3 is 0 Å². The second kappa shape index (κ2) is 47.6. The first-order valence-electron chi connectivity index (χ1n) is 10.4. The summed E-state index contributed by atoms with van der Waals surface area (Å²) in [6.07, 6.45) is 1.33. The van der Waals surface area contributed by atoms with E-state index in [1.807, 2.05) is 77.9 Å². The molecule has 0 bridgehead atoms. The van der Waals surface area contributed by atoms with Gasteiger partial charge in [0.15, 0.2) is 0 Å². The molecule has 0 aliphatic carbocycles. The Morgan fingerprint density at radius 2 is 0.750 bits per heavy atom. The monoisotopic (exact) mass is 523 g/mol. The van der Waals surface area contributed by atoms with Crippen molar-refractivity contribution in [1.82, 2.24) is 0 Å². The van der Waals surface area contributed by atoms with Gasteiger partial charge in [-0.1, -0.05) is 121 Å². The van der Waals surface area contributed by atoms with E-state index in [0.717, 1.165) is 0 Å². The molecule has 0 atom stereocenters. The normalized spacial score (nSPS) is 6.56. The van der Waals surface area contributed by atoms with Gasteiger partial charge in [-0.25, -0.2) is 0 Å². The van der Waals surface area contributed by atoms with Gasteiger partial charge in [0.1, 0.15) is 11.6 Å². The van der Waals surface area contributed by atoms with E-state index in [1.54, 1.807) is 13.8 Å². The van der Waals surface area contributed by atoms with Crippen LogP contribution in [0.3, 0.4) is 0 Å². The molecule has 0 unspecified atom stereocenters. The van der Waals surface area contributed by atoms with E-state index in [9.17, 15) is 9.59 Å². The van der Waals surface area contributed by atoms with Gasteiger partial charge < -0.3 is 24.4 Å². The average Bonchev–Trinajstić information content (AvgIpc) is 2.73. The second-order valence-electron chi connectivity index (χ2n) is 5.42. The molecule has 32 heavy (non-hydrogen) atoms. The fraction of sp³-hybridized carbons (Fsp3) is 0.448. The first kappa shape index (κ1) is 52.7. The van der Waals surface area contributed by atoms with Crippen LogP contribution in [0, 0.1) is 28.7 Å². The van der Waals surface area contributed by atoms with Crippen LogP contribution in [0.25, 0.3) is 0 Å². The van der Waals surface area contributed by atoms with Crippen LogP contribution in [0.4, 0.5) is 0 Å². The minimum atomic E-state index is 0. The number of Topliss-reactive ketones (excluding diaryl/α,β-unsaturated/α-hetero) is 2. The van der Waals surface area contributed by atoms with Crippen molar-refractivity contribution in [2.45, 2.75) is 89.5 Å². The smallest absolute Gasteiger partial charge is 0.129 e. The van der Waals surface area contributed by atoms with Gasteiger partial charge in [-0.2, -0.15) is 0 Å². The van der Waals surface area contributed by atoms with E-state index in [4.69, 9.17) is 0 Å². The van der Waals surface area contributed by atoms with Crippen molar-refractivity contribution in [2.75, 3.05) is 0 Å². The first-order valence-corrected chi connectivity index (χ1v) is 10.4. The van der Waals surface area contributed by atoms with Crippen LogP contribution in [-0.2, 0) is 42.3 Å². The molecule has 2 aromatic carbocycles. The van der Waals surface area contributed by atoms with E-state index in [2.05, 4.69) is 38.1 Å². The minimum absolute atomic E-state index is 0. The maximum absolute atomic E-state index is 9.81. The Kier molecular flexibility index (Phi) is 78.4. The molecule has 0 aliphatic rings. The Morgan fingerprint density at radius 1 is 0.594 bits per heavy atom. The molecule has 2 aromatic rings. The standard InChI is InChI=1S/2C7H8.2C4H8O.2C2H6.CH4.2CH3.Y/c2*1-7-5-3-2-4-6-7;2*1-3-4(2)5;2*1-2;;;;/h2*2-6H,1H3;2*3H2,1-2H3;2*1-2H3;1H4;2*1H3;/q;;;;;;;2*-1;. The SMILES string of the molecule is C.CC.CC.CCC(C)=O.CCC(C)=O.Cc1ccccc1.Cc1ccccc1.[CH3-].[CH3-].[Y]. The molecule has 1 radical (unpaired) electrons. The van der Waals surface area contributed by atoms with Crippen LogP contribution < -0.4 is 0 Å². The summed E-state index contributed by atoms with van der Waals surface area (Å²) in [5, 5.41) is 0. The summed E-state index contributed by atoms with van der Waals surface area (Å²) in [4.78, 5) is 19.6. The van der Waals surface area contributed by atoms with E-state index < -0.39 is 0 Å². The molecular formula is C29H54O2Y-2. The first-order chi connectivity index (χ1) is 13.3. The quantitative estimate of drug-likeness (QED) is 0.367. The molecule has 187 valence electrons. The van der Waals surface area contributed by atoms with Crippen molar-refractivity contribution in [1.29, 1.82) is 0 Å². The largest absolute Gasteiger partial charge is 0.358 e. The summed E-state index contributed by atoms with van der Waals surface area (Å²) in [7, 11) is 0. The molecular weight excluding hydrogens is 469 g/mol. The average molecular weight is 524 g/mol. The number of benzene rings is 2. The fourth-order valence-corrected chi connectivity index (χ4v) is 1.07. The van der Waals surface area contributed by atoms with Crippen molar-refractivity contribution in [2.24, 2.45) is 0 Å². The van der Waals surface area contributed by atoms with Gasteiger partial charge in [0, 0.05) is 45.6 Å². The maximum Gasteiger partial charge on any atom is 0.129 e. The van der Waals surface area contributed by atoms with E-state index in [0.29, 0.717) is 12.8 Å². The van der Waals surface area contributed by atoms with Crippen molar-refractivity contribution in [3.8, 4) is 0 Å². The molecule has 0 aliphatic heterocycles. The van der Waals surface area contributed by atoms with Crippen LogP contribution in [0.2, 0.25) is 0 Å². The van der Waals surface area contributed by atoms with Crippen molar-refractivity contribution < 1.29 is 42.3 Å². The Hall–Kier alpha value is -1.12.